The number of halogens is 4. The van der Waals surface area contributed by atoms with Gasteiger partial charge in [-0.3, -0.25) is 4.79 Å². The second-order valence-corrected chi connectivity index (χ2v) is 4.65. The number of aliphatic hydroxyl groups is 1. The maximum absolute atomic E-state index is 13.6. The van der Waals surface area contributed by atoms with Gasteiger partial charge < -0.3 is 10.0 Å². The van der Waals surface area contributed by atoms with Crippen LogP contribution in [0.15, 0.2) is 6.07 Å². The lowest BCUT2D eigenvalue weighted by molar-refractivity contribution is 0.0519. The Labute approximate surface area is 112 Å². The van der Waals surface area contributed by atoms with E-state index < -0.39 is 34.7 Å². The largest absolute Gasteiger partial charge is 0.395 e. The Morgan fingerprint density at radius 2 is 1.85 bits per heavy atom. The van der Waals surface area contributed by atoms with Crippen LogP contribution < -0.4 is 0 Å². The number of aliphatic hydroxyl groups excluding tert-OH is 1. The lowest BCUT2D eigenvalue weighted by Gasteiger charge is -2.37. The smallest absolute Gasteiger partial charge is 0.257 e. The molecule has 1 aromatic carbocycles. The minimum Gasteiger partial charge on any atom is -0.395 e. The molecule has 3 nitrogen and oxygen atoms in total. The normalized spacial score (nSPS) is 15.1. The van der Waals surface area contributed by atoms with Gasteiger partial charge in [0.05, 0.1) is 12.2 Å². The third-order valence-corrected chi connectivity index (χ3v) is 3.45. The molecular formula is C13H13F4NO2. The predicted octanol–water partition coefficient (Wildman–Crippen LogP) is 2.23. The average molecular weight is 291 g/mol. The van der Waals surface area contributed by atoms with Crippen LogP contribution in [0.4, 0.5) is 17.6 Å². The fourth-order valence-electron chi connectivity index (χ4n) is 2.14. The van der Waals surface area contributed by atoms with Crippen molar-refractivity contribution in [2.24, 2.45) is 0 Å². The molecule has 7 heteroatoms. The Kier molecular flexibility index (Phi) is 4.27. The maximum atomic E-state index is 13.6. The zero-order valence-corrected chi connectivity index (χ0v) is 10.5. The number of hydrogen-bond acceptors (Lipinski definition) is 2. The summed E-state index contributed by atoms with van der Waals surface area (Å²) in [6.07, 6.45) is 2.24. The van der Waals surface area contributed by atoms with Gasteiger partial charge in [-0.15, -0.1) is 0 Å². The van der Waals surface area contributed by atoms with Crippen LogP contribution in [-0.4, -0.2) is 35.1 Å². The molecule has 2 rings (SSSR count). The summed E-state index contributed by atoms with van der Waals surface area (Å²) in [4.78, 5) is 13.3. The molecular weight excluding hydrogens is 278 g/mol. The molecule has 1 fully saturated rings. The molecule has 0 radical (unpaired) electrons. The third-order valence-electron chi connectivity index (χ3n) is 3.45. The van der Waals surface area contributed by atoms with Crippen LogP contribution in [0.2, 0.25) is 0 Å². The van der Waals surface area contributed by atoms with Gasteiger partial charge in [0.25, 0.3) is 5.91 Å². The lowest BCUT2D eigenvalue weighted by atomic mass is 9.91. The highest BCUT2D eigenvalue weighted by atomic mass is 19.2. The van der Waals surface area contributed by atoms with Crippen molar-refractivity contribution in [3.63, 3.8) is 0 Å². The van der Waals surface area contributed by atoms with E-state index in [9.17, 15) is 22.4 Å². The van der Waals surface area contributed by atoms with E-state index in [-0.39, 0.29) is 19.2 Å². The topological polar surface area (TPSA) is 40.5 Å². The molecule has 1 aliphatic carbocycles. The molecule has 0 aliphatic heterocycles. The molecule has 1 aromatic rings. The van der Waals surface area contributed by atoms with Gasteiger partial charge in [-0.25, -0.2) is 17.6 Å². The van der Waals surface area contributed by atoms with Gasteiger partial charge in [-0.05, 0) is 25.3 Å². The summed E-state index contributed by atoms with van der Waals surface area (Å²) < 4.78 is 52.7. The summed E-state index contributed by atoms with van der Waals surface area (Å²) in [6.45, 7) is -0.417. The number of amides is 1. The van der Waals surface area contributed by atoms with Gasteiger partial charge in [0.15, 0.2) is 23.3 Å². The molecule has 1 amide bonds. The van der Waals surface area contributed by atoms with Gasteiger partial charge in [0.2, 0.25) is 0 Å². The van der Waals surface area contributed by atoms with E-state index in [1.54, 1.807) is 0 Å². The minimum atomic E-state index is -2.01. The zero-order chi connectivity index (χ0) is 14.9. The van der Waals surface area contributed by atoms with E-state index >= 15 is 0 Å². The number of rotatable bonds is 4. The van der Waals surface area contributed by atoms with Crippen LogP contribution >= 0.6 is 0 Å². The first-order chi connectivity index (χ1) is 9.47. The second kappa shape index (κ2) is 5.78. The Morgan fingerprint density at radius 3 is 2.35 bits per heavy atom. The molecule has 1 N–H and O–H groups in total. The summed E-state index contributed by atoms with van der Waals surface area (Å²) in [5.41, 5.74) is -0.859. The average Bonchev–Trinajstić information content (AvgIpc) is 2.37. The van der Waals surface area contributed by atoms with E-state index in [1.807, 2.05) is 0 Å². The molecule has 110 valence electrons. The fourth-order valence-corrected chi connectivity index (χ4v) is 2.14. The molecule has 0 spiro atoms. The van der Waals surface area contributed by atoms with E-state index in [4.69, 9.17) is 5.11 Å². The summed E-state index contributed by atoms with van der Waals surface area (Å²) >= 11 is 0. The van der Waals surface area contributed by atoms with Crippen LogP contribution in [-0.2, 0) is 0 Å². The van der Waals surface area contributed by atoms with Crippen LogP contribution in [0.1, 0.15) is 29.6 Å². The van der Waals surface area contributed by atoms with Crippen molar-refractivity contribution in [3.8, 4) is 0 Å². The van der Waals surface area contributed by atoms with E-state index in [0.29, 0.717) is 18.9 Å². The van der Waals surface area contributed by atoms with Crippen molar-refractivity contribution in [2.75, 3.05) is 13.2 Å². The second-order valence-electron chi connectivity index (χ2n) is 4.65. The van der Waals surface area contributed by atoms with Crippen molar-refractivity contribution in [1.82, 2.24) is 4.90 Å². The molecule has 0 saturated heterocycles. The third kappa shape index (κ3) is 2.49. The molecule has 0 heterocycles. The van der Waals surface area contributed by atoms with E-state index in [0.717, 1.165) is 6.42 Å². The molecule has 20 heavy (non-hydrogen) atoms. The predicted molar refractivity (Wildman–Crippen MR) is 62.0 cm³/mol. The first-order valence-electron chi connectivity index (χ1n) is 6.22. The van der Waals surface area contributed by atoms with Gasteiger partial charge >= 0.3 is 0 Å². The molecule has 0 aromatic heterocycles. The zero-order valence-electron chi connectivity index (χ0n) is 10.5. The number of hydrogen-bond donors (Lipinski definition) is 1. The summed E-state index contributed by atoms with van der Waals surface area (Å²) in [6, 6.07) is 0.157. The Bertz CT molecular complexity index is 532. The van der Waals surface area contributed by atoms with Gasteiger partial charge in [0.1, 0.15) is 0 Å². The molecule has 0 bridgehead atoms. The van der Waals surface area contributed by atoms with Crippen LogP contribution in [0.25, 0.3) is 0 Å². The number of carbonyl (C=O) groups is 1. The standard InChI is InChI=1S/C13H13F4NO2/c14-9-6-8(10(15)12(17)11(9)16)13(20)18(4-5-19)7-2-1-3-7/h6-7,19H,1-5H2. The van der Waals surface area contributed by atoms with Crippen LogP contribution in [0.3, 0.4) is 0 Å². The van der Waals surface area contributed by atoms with Crippen LogP contribution in [0, 0.1) is 23.3 Å². The Hall–Kier alpha value is -1.63. The number of carbonyl (C=O) groups excluding carboxylic acids is 1. The lowest BCUT2D eigenvalue weighted by Crippen LogP contribution is -2.46. The maximum Gasteiger partial charge on any atom is 0.257 e. The minimum absolute atomic E-state index is 0.0659. The van der Waals surface area contributed by atoms with Crippen molar-refractivity contribution in [3.05, 3.63) is 34.9 Å². The quantitative estimate of drug-likeness (QED) is 0.525. The first-order valence-corrected chi connectivity index (χ1v) is 6.22. The van der Waals surface area contributed by atoms with Gasteiger partial charge in [-0.2, -0.15) is 0 Å². The van der Waals surface area contributed by atoms with Crippen LogP contribution in [0.5, 0.6) is 0 Å². The first kappa shape index (κ1) is 14.8. The van der Waals surface area contributed by atoms with Gasteiger partial charge in [-0.1, -0.05) is 0 Å². The number of nitrogens with zero attached hydrogens (tertiary/aromatic N) is 1. The Balaban J connectivity index is 2.36. The van der Waals surface area contributed by atoms with E-state index in [2.05, 4.69) is 0 Å². The summed E-state index contributed by atoms with van der Waals surface area (Å²) in [7, 11) is 0. The number of benzene rings is 1. The Morgan fingerprint density at radius 1 is 1.20 bits per heavy atom. The van der Waals surface area contributed by atoms with Crippen molar-refractivity contribution in [1.29, 1.82) is 0 Å². The summed E-state index contributed by atoms with van der Waals surface area (Å²) in [5, 5.41) is 8.93. The van der Waals surface area contributed by atoms with Crippen molar-refractivity contribution < 1.29 is 27.5 Å². The highest BCUT2D eigenvalue weighted by molar-refractivity contribution is 5.94. The highest BCUT2D eigenvalue weighted by Crippen LogP contribution is 2.27. The SMILES string of the molecule is O=C(c1cc(F)c(F)c(F)c1F)N(CCO)C1CCC1. The molecule has 0 atom stereocenters. The molecule has 0 unspecified atom stereocenters. The molecule has 1 aliphatic rings. The van der Waals surface area contributed by atoms with Crippen molar-refractivity contribution in [2.45, 2.75) is 25.3 Å². The fraction of sp³-hybridized carbons (Fsp3) is 0.462. The van der Waals surface area contributed by atoms with Gasteiger partial charge in [0, 0.05) is 12.6 Å². The monoisotopic (exact) mass is 291 g/mol. The highest BCUT2D eigenvalue weighted by Gasteiger charge is 2.32. The molecule has 1 saturated carbocycles. The summed E-state index contributed by atoms with van der Waals surface area (Å²) in [5.74, 6) is -8.23. The van der Waals surface area contributed by atoms with Crippen molar-refractivity contribution >= 4 is 5.91 Å². The van der Waals surface area contributed by atoms with E-state index in [1.165, 1.54) is 4.90 Å².